The van der Waals surface area contributed by atoms with Gasteiger partial charge in [0.05, 0.1) is 19.3 Å². The Bertz CT molecular complexity index is 213. The normalized spacial score (nSPS) is 13.1. The summed E-state index contributed by atoms with van der Waals surface area (Å²) >= 11 is 0. The van der Waals surface area contributed by atoms with Gasteiger partial charge in [0.25, 0.3) is 5.95 Å². The van der Waals surface area contributed by atoms with Crippen molar-refractivity contribution in [1.82, 2.24) is 0 Å². The Balaban J connectivity index is 4.59. The zero-order valence-electron chi connectivity index (χ0n) is 12.2. The highest BCUT2D eigenvalue weighted by molar-refractivity contribution is 6.69. The van der Waals surface area contributed by atoms with Gasteiger partial charge in [0.15, 0.2) is 8.32 Å². The van der Waals surface area contributed by atoms with Crippen molar-refractivity contribution in [2.45, 2.75) is 59.4 Å². The molecule has 0 aliphatic rings. The molecule has 0 amide bonds. The van der Waals surface area contributed by atoms with Crippen molar-refractivity contribution in [2.75, 3.05) is 13.2 Å². The minimum Gasteiger partial charge on any atom is -0.466 e. The number of rotatable bonds is 9. The van der Waals surface area contributed by atoms with E-state index in [1.54, 1.807) is 0 Å². The topological polar surface area (TPSA) is 27.7 Å². The molecule has 0 aromatic rings. The molecule has 0 N–H and O–H groups in total. The molecule has 0 rings (SSSR count). The van der Waals surface area contributed by atoms with E-state index in [4.69, 9.17) is 13.9 Å². The fraction of sp³-hybridized carbons (Fsp3) is 0.846. The molecule has 0 saturated heterocycles. The van der Waals surface area contributed by atoms with Crippen LogP contribution in [0.5, 0.6) is 0 Å². The van der Waals surface area contributed by atoms with Crippen LogP contribution in [-0.4, -0.2) is 27.6 Å². The highest BCUT2D eigenvalue weighted by atomic mass is 28.4. The van der Waals surface area contributed by atoms with Crippen LogP contribution in [0.1, 0.15) is 33.6 Å². The van der Waals surface area contributed by atoms with Crippen LogP contribution in [0.4, 0.5) is 0 Å². The van der Waals surface area contributed by atoms with Crippen molar-refractivity contribution in [3.8, 4) is 0 Å². The van der Waals surface area contributed by atoms with E-state index in [0.29, 0.717) is 19.2 Å². The summed E-state index contributed by atoms with van der Waals surface area (Å²) in [4.78, 5) is 0. The first-order chi connectivity index (χ1) is 7.92. The second-order valence-electron chi connectivity index (χ2n) is 4.91. The Morgan fingerprint density at radius 2 is 1.59 bits per heavy atom. The smallest absolute Gasteiger partial charge is 0.277 e. The number of hydrogen-bond donors (Lipinski definition) is 0. The van der Waals surface area contributed by atoms with Gasteiger partial charge in [-0.3, -0.25) is 0 Å². The molecule has 0 unspecified atom stereocenters. The Kier molecular flexibility index (Phi) is 8.34. The first-order valence-electron chi connectivity index (χ1n) is 6.58. The van der Waals surface area contributed by atoms with Gasteiger partial charge >= 0.3 is 0 Å². The average Bonchev–Trinajstić information content (AvgIpc) is 2.16. The van der Waals surface area contributed by atoms with Crippen LogP contribution in [0, 0.1) is 0 Å². The zero-order valence-corrected chi connectivity index (χ0v) is 13.2. The summed E-state index contributed by atoms with van der Waals surface area (Å²) in [6.45, 7) is 13.9. The lowest BCUT2D eigenvalue weighted by atomic mass is 10.2. The predicted molar refractivity (Wildman–Crippen MR) is 74.5 cm³/mol. The quantitative estimate of drug-likeness (QED) is 0.464. The largest absolute Gasteiger partial charge is 0.466 e. The molecule has 0 heterocycles. The van der Waals surface area contributed by atoms with Crippen molar-refractivity contribution < 1.29 is 13.9 Å². The molecule has 0 aliphatic heterocycles. The maximum absolute atomic E-state index is 6.10. The summed E-state index contributed by atoms with van der Waals surface area (Å²) in [5, 5.41) is 0. The lowest BCUT2D eigenvalue weighted by Crippen LogP contribution is -2.31. The summed E-state index contributed by atoms with van der Waals surface area (Å²) in [6.07, 6.45) is 4.19. The maximum atomic E-state index is 6.10. The molecule has 17 heavy (non-hydrogen) atoms. The Morgan fingerprint density at radius 1 is 1.06 bits per heavy atom. The molecule has 0 aliphatic carbocycles. The standard InChI is InChI=1S/C13H28O3Si/c1-7-10-12(16-17(4,5)6)11-13(14-8-2)15-9-3/h11-12H,7-10H2,1-6H3/t12-/m1/s1. The molecule has 3 nitrogen and oxygen atoms in total. The Hall–Kier alpha value is -0.483. The van der Waals surface area contributed by atoms with E-state index in [0.717, 1.165) is 12.8 Å². The first-order valence-corrected chi connectivity index (χ1v) is 9.99. The summed E-state index contributed by atoms with van der Waals surface area (Å²) in [5.74, 6) is 0.603. The fourth-order valence-electron chi connectivity index (χ4n) is 1.49. The van der Waals surface area contributed by atoms with Crippen LogP contribution >= 0.6 is 0 Å². The summed E-state index contributed by atoms with van der Waals surface area (Å²) < 4.78 is 17.0. The van der Waals surface area contributed by atoms with E-state index in [1.165, 1.54) is 0 Å². The van der Waals surface area contributed by atoms with Crippen molar-refractivity contribution in [3.05, 3.63) is 12.0 Å². The van der Waals surface area contributed by atoms with Crippen LogP contribution in [0.2, 0.25) is 19.6 Å². The molecule has 4 heteroatoms. The van der Waals surface area contributed by atoms with E-state index >= 15 is 0 Å². The molecule has 1 atom stereocenters. The molecular formula is C13H28O3Si. The van der Waals surface area contributed by atoms with Crippen molar-refractivity contribution in [1.29, 1.82) is 0 Å². The molecular weight excluding hydrogens is 232 g/mol. The fourth-order valence-corrected chi connectivity index (χ4v) is 2.58. The van der Waals surface area contributed by atoms with Gasteiger partial charge in [-0.2, -0.15) is 0 Å². The molecule has 0 saturated carbocycles. The molecule has 0 aromatic carbocycles. The van der Waals surface area contributed by atoms with E-state index in [2.05, 4.69) is 26.6 Å². The maximum Gasteiger partial charge on any atom is 0.277 e. The average molecular weight is 260 g/mol. The molecule has 0 radical (unpaired) electrons. The summed E-state index contributed by atoms with van der Waals surface area (Å²) in [7, 11) is -1.53. The van der Waals surface area contributed by atoms with Gasteiger partial charge < -0.3 is 13.9 Å². The zero-order chi connectivity index (χ0) is 13.3. The van der Waals surface area contributed by atoms with Gasteiger partial charge in [0, 0.05) is 6.08 Å². The Morgan fingerprint density at radius 3 is 1.94 bits per heavy atom. The van der Waals surface area contributed by atoms with E-state index in [-0.39, 0.29) is 6.10 Å². The second-order valence-corrected chi connectivity index (χ2v) is 9.37. The summed E-state index contributed by atoms with van der Waals surface area (Å²) in [6, 6.07) is 0. The second kappa shape index (κ2) is 8.58. The van der Waals surface area contributed by atoms with Crippen LogP contribution in [0.25, 0.3) is 0 Å². The molecule has 0 fully saturated rings. The van der Waals surface area contributed by atoms with Crippen molar-refractivity contribution in [2.24, 2.45) is 0 Å². The number of ether oxygens (including phenoxy) is 2. The monoisotopic (exact) mass is 260 g/mol. The minimum atomic E-state index is -1.53. The van der Waals surface area contributed by atoms with Gasteiger partial charge in [0.2, 0.25) is 0 Å². The van der Waals surface area contributed by atoms with E-state index in [1.807, 2.05) is 19.9 Å². The van der Waals surface area contributed by atoms with Crippen molar-refractivity contribution >= 4 is 8.32 Å². The van der Waals surface area contributed by atoms with Gasteiger partial charge in [0.1, 0.15) is 0 Å². The van der Waals surface area contributed by atoms with Gasteiger partial charge in [-0.25, -0.2) is 0 Å². The predicted octanol–water partition coefficient (Wildman–Crippen LogP) is 3.92. The summed E-state index contributed by atoms with van der Waals surface area (Å²) in [5.41, 5.74) is 0. The molecule has 0 aromatic heterocycles. The molecule has 0 bridgehead atoms. The minimum absolute atomic E-state index is 0.111. The third kappa shape index (κ3) is 9.24. The van der Waals surface area contributed by atoms with Crippen molar-refractivity contribution in [3.63, 3.8) is 0 Å². The van der Waals surface area contributed by atoms with Gasteiger partial charge in [-0.1, -0.05) is 13.3 Å². The lowest BCUT2D eigenvalue weighted by Gasteiger charge is -2.24. The van der Waals surface area contributed by atoms with Crippen LogP contribution in [-0.2, 0) is 13.9 Å². The molecule has 0 spiro atoms. The van der Waals surface area contributed by atoms with E-state index < -0.39 is 8.32 Å². The molecule has 102 valence electrons. The van der Waals surface area contributed by atoms with E-state index in [9.17, 15) is 0 Å². The number of hydrogen-bond acceptors (Lipinski definition) is 3. The highest BCUT2D eigenvalue weighted by Gasteiger charge is 2.20. The third-order valence-corrected chi connectivity index (χ3v) is 2.98. The third-order valence-electron chi connectivity index (χ3n) is 1.97. The van der Waals surface area contributed by atoms with Crippen LogP contribution in [0.15, 0.2) is 12.0 Å². The first kappa shape index (κ1) is 16.5. The van der Waals surface area contributed by atoms with Crippen LogP contribution < -0.4 is 0 Å². The Labute approximate surface area is 107 Å². The lowest BCUT2D eigenvalue weighted by molar-refractivity contribution is 0.0409. The van der Waals surface area contributed by atoms with Gasteiger partial charge in [-0.05, 0) is 39.9 Å². The SMILES string of the molecule is CCC[C@H](C=C(OCC)OCC)O[Si](C)(C)C. The van der Waals surface area contributed by atoms with Gasteiger partial charge in [-0.15, -0.1) is 0 Å². The van der Waals surface area contributed by atoms with Crippen LogP contribution in [0.3, 0.4) is 0 Å². The highest BCUT2D eigenvalue weighted by Crippen LogP contribution is 2.15.